The van der Waals surface area contributed by atoms with E-state index >= 15 is 0 Å². The van der Waals surface area contributed by atoms with Gasteiger partial charge in [0.1, 0.15) is 5.82 Å². The minimum atomic E-state index is -0.188. The van der Waals surface area contributed by atoms with Crippen LogP contribution < -0.4 is 0 Å². The maximum atomic E-state index is 13.7. The van der Waals surface area contributed by atoms with Crippen LogP contribution in [-0.2, 0) is 0 Å². The smallest absolute Gasteiger partial charge is 0.257 e. The molecule has 1 aliphatic heterocycles. The van der Waals surface area contributed by atoms with Crippen molar-refractivity contribution in [2.24, 2.45) is 0 Å². The number of H-pyrrole nitrogens is 1. The summed E-state index contributed by atoms with van der Waals surface area (Å²) < 4.78 is 0. The van der Waals surface area contributed by atoms with Crippen LogP contribution in [0.5, 0.6) is 0 Å². The Balaban J connectivity index is 1.56. The average molecular weight is 412 g/mol. The molecule has 2 aromatic carbocycles. The van der Waals surface area contributed by atoms with Crippen LogP contribution in [0.2, 0.25) is 0 Å². The Morgan fingerprint density at radius 3 is 2.61 bits per heavy atom. The van der Waals surface area contributed by atoms with Crippen LogP contribution in [0.3, 0.4) is 0 Å². The van der Waals surface area contributed by atoms with E-state index in [0.717, 1.165) is 28.0 Å². The van der Waals surface area contributed by atoms with Crippen LogP contribution in [0.25, 0.3) is 16.7 Å². The Kier molecular flexibility index (Phi) is 4.46. The van der Waals surface area contributed by atoms with Crippen molar-refractivity contribution in [2.45, 2.75) is 33.2 Å². The molecule has 1 N–H and O–H groups in total. The van der Waals surface area contributed by atoms with E-state index in [2.05, 4.69) is 47.7 Å². The highest BCUT2D eigenvalue weighted by Crippen LogP contribution is 2.36. The third-order valence-corrected chi connectivity index (χ3v) is 5.96. The zero-order valence-electron chi connectivity index (χ0n) is 17.9. The number of aryl methyl sites for hydroxylation is 3. The van der Waals surface area contributed by atoms with Crippen molar-refractivity contribution in [3.8, 4) is 5.69 Å². The van der Waals surface area contributed by atoms with Crippen LogP contribution >= 0.6 is 0 Å². The third kappa shape index (κ3) is 3.32. The van der Waals surface area contributed by atoms with Crippen molar-refractivity contribution >= 4 is 16.9 Å². The maximum Gasteiger partial charge on any atom is 0.257 e. The van der Waals surface area contributed by atoms with E-state index in [9.17, 15) is 4.79 Å². The average Bonchev–Trinajstić information content (AvgIpc) is 3.47. The lowest BCUT2D eigenvalue weighted by Crippen LogP contribution is -2.32. The van der Waals surface area contributed by atoms with Crippen LogP contribution in [0.4, 0.5) is 0 Å². The van der Waals surface area contributed by atoms with Gasteiger partial charge in [0, 0.05) is 6.54 Å². The Bertz CT molecular complexity index is 1280. The highest BCUT2D eigenvalue weighted by atomic mass is 16.2. The summed E-state index contributed by atoms with van der Waals surface area (Å²) in [6, 6.07) is 9.74. The highest BCUT2D eigenvalue weighted by molar-refractivity contribution is 5.98. The molecule has 1 aliphatic rings. The molecule has 1 fully saturated rings. The summed E-state index contributed by atoms with van der Waals surface area (Å²) in [4.78, 5) is 25.3. The van der Waals surface area contributed by atoms with E-state index in [-0.39, 0.29) is 11.9 Å². The minimum absolute atomic E-state index is 0.0764. The van der Waals surface area contributed by atoms with Crippen molar-refractivity contribution in [2.75, 3.05) is 6.54 Å². The van der Waals surface area contributed by atoms with Crippen LogP contribution in [-0.4, -0.2) is 42.3 Å². The number of carbonyl (C=O) groups is 1. The molecular formula is C24H24N6O. The SMILES string of the molecule is C=C1C[C@@H](c2nc3cc(C)c(C)cc3[nH]2)N(C(=O)c2cc(C)ccc2-n2nccn2)C1. The number of fused-ring (bicyclic) bond motifs is 1. The number of carbonyl (C=O) groups excluding carboxylic acids is 1. The molecular weight excluding hydrogens is 388 g/mol. The number of benzene rings is 2. The van der Waals surface area contributed by atoms with Crippen LogP contribution in [0.15, 0.2) is 54.9 Å². The quantitative estimate of drug-likeness (QED) is 0.511. The lowest BCUT2D eigenvalue weighted by atomic mass is 10.1. The summed E-state index contributed by atoms with van der Waals surface area (Å²) in [7, 11) is 0. The Morgan fingerprint density at radius 1 is 1.10 bits per heavy atom. The topological polar surface area (TPSA) is 79.7 Å². The van der Waals surface area contributed by atoms with Gasteiger partial charge in [-0.3, -0.25) is 4.79 Å². The lowest BCUT2D eigenvalue weighted by molar-refractivity contribution is 0.0732. The number of hydrogen-bond acceptors (Lipinski definition) is 4. The molecule has 31 heavy (non-hydrogen) atoms. The van der Waals surface area contributed by atoms with Gasteiger partial charge in [0.25, 0.3) is 5.91 Å². The molecule has 1 atom stereocenters. The highest BCUT2D eigenvalue weighted by Gasteiger charge is 2.35. The van der Waals surface area contributed by atoms with E-state index in [0.29, 0.717) is 24.2 Å². The van der Waals surface area contributed by atoms with E-state index in [1.165, 1.54) is 15.9 Å². The predicted molar refractivity (Wildman–Crippen MR) is 119 cm³/mol. The van der Waals surface area contributed by atoms with Crippen molar-refractivity contribution < 1.29 is 4.79 Å². The molecule has 1 saturated heterocycles. The zero-order chi connectivity index (χ0) is 21.7. The number of nitrogens with one attached hydrogen (secondary N) is 1. The first-order valence-corrected chi connectivity index (χ1v) is 10.3. The molecule has 0 unspecified atom stereocenters. The van der Waals surface area contributed by atoms with E-state index in [1.807, 2.05) is 30.0 Å². The maximum absolute atomic E-state index is 13.7. The number of imidazole rings is 1. The van der Waals surface area contributed by atoms with Gasteiger partial charge in [0.2, 0.25) is 0 Å². The number of hydrogen-bond donors (Lipinski definition) is 1. The second kappa shape index (κ2) is 7.19. The molecule has 0 radical (unpaired) electrons. The number of likely N-dealkylation sites (tertiary alicyclic amines) is 1. The van der Waals surface area contributed by atoms with Crippen LogP contribution in [0, 0.1) is 20.8 Å². The molecule has 0 saturated carbocycles. The van der Waals surface area contributed by atoms with Crippen molar-refractivity contribution in [1.29, 1.82) is 0 Å². The zero-order valence-corrected chi connectivity index (χ0v) is 17.9. The second-order valence-electron chi connectivity index (χ2n) is 8.32. The molecule has 1 amide bonds. The Labute approximate surface area is 180 Å². The first-order valence-electron chi connectivity index (χ1n) is 10.3. The van der Waals surface area contributed by atoms with Gasteiger partial charge in [-0.1, -0.05) is 23.8 Å². The number of aromatic nitrogens is 5. The minimum Gasteiger partial charge on any atom is -0.340 e. The fourth-order valence-corrected chi connectivity index (χ4v) is 4.19. The van der Waals surface area contributed by atoms with Gasteiger partial charge in [-0.05, 0) is 62.6 Å². The summed E-state index contributed by atoms with van der Waals surface area (Å²) in [6.07, 6.45) is 3.89. The first-order chi connectivity index (χ1) is 14.9. The number of aromatic amines is 1. The van der Waals surface area contributed by atoms with Crippen molar-refractivity contribution in [3.05, 3.63) is 83.0 Å². The standard InChI is InChI=1S/C24H24N6O/c1-14-5-6-21(30-25-7-8-26-30)18(9-14)24(31)29-13-15(2)10-22(29)23-27-19-11-16(3)17(4)12-20(19)28-23/h5-9,11-12,22H,2,10,13H2,1,3-4H3,(H,27,28)/t22-/m0/s1. The molecule has 0 aliphatic carbocycles. The Hall–Kier alpha value is -3.74. The first kappa shape index (κ1) is 19.2. The van der Waals surface area contributed by atoms with E-state index in [1.54, 1.807) is 12.4 Å². The van der Waals surface area contributed by atoms with Gasteiger partial charge in [-0.15, -0.1) is 0 Å². The summed E-state index contributed by atoms with van der Waals surface area (Å²) >= 11 is 0. The summed E-state index contributed by atoms with van der Waals surface area (Å²) in [5, 5.41) is 8.44. The number of nitrogens with zero attached hydrogens (tertiary/aromatic N) is 5. The largest absolute Gasteiger partial charge is 0.340 e. The second-order valence-corrected chi connectivity index (χ2v) is 8.32. The van der Waals surface area contributed by atoms with Gasteiger partial charge in [0.15, 0.2) is 0 Å². The molecule has 0 bridgehead atoms. The van der Waals surface area contributed by atoms with E-state index < -0.39 is 0 Å². The molecule has 7 nitrogen and oxygen atoms in total. The molecule has 156 valence electrons. The number of rotatable bonds is 3. The molecule has 7 heteroatoms. The predicted octanol–water partition coefficient (Wildman–Crippen LogP) is 4.21. The van der Waals surface area contributed by atoms with Crippen molar-refractivity contribution in [3.63, 3.8) is 0 Å². The summed E-state index contributed by atoms with van der Waals surface area (Å²) in [5.41, 5.74) is 7.56. The van der Waals surface area contributed by atoms with Gasteiger partial charge >= 0.3 is 0 Å². The summed E-state index contributed by atoms with van der Waals surface area (Å²) in [6.45, 7) is 10.8. The van der Waals surface area contributed by atoms with Crippen LogP contribution in [0.1, 0.15) is 45.3 Å². The molecule has 3 heterocycles. The van der Waals surface area contributed by atoms with Crippen molar-refractivity contribution in [1.82, 2.24) is 29.9 Å². The fraction of sp³-hybridized carbons (Fsp3) is 0.250. The summed E-state index contributed by atoms with van der Waals surface area (Å²) in [5.74, 6) is 0.714. The van der Waals surface area contributed by atoms with Gasteiger partial charge in [-0.25, -0.2) is 4.98 Å². The third-order valence-electron chi connectivity index (χ3n) is 5.96. The normalized spacial score (nSPS) is 16.4. The van der Waals surface area contributed by atoms with Gasteiger partial charge in [0.05, 0.1) is 40.7 Å². The number of amides is 1. The van der Waals surface area contributed by atoms with Gasteiger partial charge < -0.3 is 9.88 Å². The van der Waals surface area contributed by atoms with Gasteiger partial charge in [-0.2, -0.15) is 15.0 Å². The lowest BCUT2D eigenvalue weighted by Gasteiger charge is -2.24. The monoisotopic (exact) mass is 412 g/mol. The molecule has 0 spiro atoms. The fourth-order valence-electron chi connectivity index (χ4n) is 4.19. The molecule has 5 rings (SSSR count). The van der Waals surface area contributed by atoms with E-state index in [4.69, 9.17) is 4.98 Å². The molecule has 4 aromatic rings. The Morgan fingerprint density at radius 2 is 1.84 bits per heavy atom. The molecule has 2 aromatic heterocycles.